The first-order valence-corrected chi connectivity index (χ1v) is 11.1. The van der Waals surface area contributed by atoms with Gasteiger partial charge >= 0.3 is 7.12 Å². The van der Waals surface area contributed by atoms with Gasteiger partial charge in [-0.05, 0) is 40.6 Å². The number of hydrogen-bond acceptors (Lipinski definition) is 7. The van der Waals surface area contributed by atoms with Crippen LogP contribution in [-0.4, -0.2) is 39.6 Å². The van der Waals surface area contributed by atoms with E-state index in [1.807, 2.05) is 18.2 Å². The molecule has 0 saturated carbocycles. The number of fused-ring (bicyclic) bond motifs is 2. The molecule has 5 N–H and O–H groups in total. The number of ether oxygens (including phenoxy) is 1. The summed E-state index contributed by atoms with van der Waals surface area (Å²) in [4.78, 5) is 21.7. The lowest BCUT2D eigenvalue weighted by Gasteiger charge is -2.18. The first kappa shape index (κ1) is 21.4. The third kappa shape index (κ3) is 3.94. The molecular weight excluding hydrogens is 419 g/mol. The molecule has 9 heteroatoms. The Morgan fingerprint density at radius 2 is 2.06 bits per heavy atom. The van der Waals surface area contributed by atoms with E-state index in [-0.39, 0.29) is 11.8 Å². The van der Waals surface area contributed by atoms with Crippen LogP contribution in [0.25, 0.3) is 0 Å². The third-order valence-corrected chi connectivity index (χ3v) is 6.43. The second-order valence-corrected chi connectivity index (χ2v) is 8.67. The largest absolute Gasteiger partial charge is 0.488 e. The highest BCUT2D eigenvalue weighted by Crippen LogP contribution is 2.44. The molecule has 1 aliphatic carbocycles. The van der Waals surface area contributed by atoms with Crippen LogP contribution in [0, 0.1) is 5.92 Å². The molecule has 33 heavy (non-hydrogen) atoms. The Balaban J connectivity index is 1.49. The number of primary amides is 1. The molecule has 2 aliphatic rings. The smallest absolute Gasteiger partial charge is 0.487 e. The SMILES string of the molecule is CC1Cc2c(C(N)=O)cccc2C1c1nc2c(c(NCc3cccc(B(O)O)c3)n1)OCC2. The van der Waals surface area contributed by atoms with Crippen molar-refractivity contribution in [3.8, 4) is 5.75 Å². The third-order valence-electron chi connectivity index (χ3n) is 6.43. The number of anilines is 1. The van der Waals surface area contributed by atoms with Gasteiger partial charge in [0.2, 0.25) is 5.91 Å². The summed E-state index contributed by atoms with van der Waals surface area (Å²) in [6.45, 7) is 3.13. The number of hydrogen-bond donors (Lipinski definition) is 4. The lowest BCUT2D eigenvalue weighted by Crippen LogP contribution is -2.30. The van der Waals surface area contributed by atoms with Gasteiger partial charge in [-0.25, -0.2) is 9.97 Å². The summed E-state index contributed by atoms with van der Waals surface area (Å²) in [6, 6.07) is 12.8. The first-order chi connectivity index (χ1) is 15.9. The fourth-order valence-corrected chi connectivity index (χ4v) is 4.89. The van der Waals surface area contributed by atoms with Crippen molar-refractivity contribution in [3.63, 3.8) is 0 Å². The number of nitrogens with one attached hydrogen (secondary N) is 1. The highest BCUT2D eigenvalue weighted by Gasteiger charge is 2.36. The van der Waals surface area contributed by atoms with Crippen molar-refractivity contribution in [2.45, 2.75) is 32.2 Å². The van der Waals surface area contributed by atoms with Crippen molar-refractivity contribution < 1.29 is 19.6 Å². The van der Waals surface area contributed by atoms with Crippen molar-refractivity contribution in [1.82, 2.24) is 9.97 Å². The molecule has 2 atom stereocenters. The van der Waals surface area contributed by atoms with Crippen LogP contribution in [0.2, 0.25) is 0 Å². The second kappa shape index (κ2) is 8.49. The van der Waals surface area contributed by atoms with Crippen LogP contribution >= 0.6 is 0 Å². The average molecular weight is 444 g/mol. The maximum atomic E-state index is 11.9. The van der Waals surface area contributed by atoms with E-state index in [0.29, 0.717) is 48.0 Å². The minimum atomic E-state index is -1.52. The molecular formula is C24H25BN4O4. The predicted molar refractivity (Wildman–Crippen MR) is 124 cm³/mol. The van der Waals surface area contributed by atoms with Gasteiger partial charge in [0.15, 0.2) is 11.6 Å². The lowest BCUT2D eigenvalue weighted by atomic mass is 9.80. The van der Waals surface area contributed by atoms with Gasteiger partial charge in [0.25, 0.3) is 0 Å². The fourth-order valence-electron chi connectivity index (χ4n) is 4.89. The Morgan fingerprint density at radius 3 is 2.85 bits per heavy atom. The number of aromatic nitrogens is 2. The van der Waals surface area contributed by atoms with Crippen molar-refractivity contribution in [1.29, 1.82) is 0 Å². The minimum absolute atomic E-state index is 0.0430. The summed E-state index contributed by atoms with van der Waals surface area (Å²) >= 11 is 0. The maximum absolute atomic E-state index is 11.9. The topological polar surface area (TPSA) is 131 Å². The van der Waals surface area contributed by atoms with E-state index in [1.54, 1.807) is 24.3 Å². The predicted octanol–water partition coefficient (Wildman–Crippen LogP) is 1.13. The van der Waals surface area contributed by atoms with Crippen LogP contribution in [0.4, 0.5) is 5.82 Å². The number of benzene rings is 2. The van der Waals surface area contributed by atoms with Gasteiger partial charge < -0.3 is 25.8 Å². The molecule has 0 radical (unpaired) electrons. The highest BCUT2D eigenvalue weighted by atomic mass is 16.5. The molecule has 0 fully saturated rings. The standard InChI is InChI=1S/C24H25BN4O4/c1-13-10-18-16(6-3-7-17(18)22(26)30)20(13)23-28-19-8-9-33-21(19)24(29-23)27-12-14-4-2-5-15(11-14)25(31)32/h2-7,11,13,20,31-32H,8-10,12H2,1H3,(H2,26,30)(H,27,28,29). The van der Waals surface area contributed by atoms with Gasteiger partial charge in [-0.3, -0.25) is 4.79 Å². The van der Waals surface area contributed by atoms with E-state index >= 15 is 0 Å². The van der Waals surface area contributed by atoms with Crippen LogP contribution < -0.4 is 21.3 Å². The summed E-state index contributed by atoms with van der Waals surface area (Å²) in [6.07, 6.45) is 1.45. The normalized spacial score (nSPS) is 18.4. The summed E-state index contributed by atoms with van der Waals surface area (Å²) in [5.41, 5.74) is 10.4. The zero-order valence-corrected chi connectivity index (χ0v) is 18.3. The molecule has 3 aromatic rings. The van der Waals surface area contributed by atoms with Gasteiger partial charge in [-0.15, -0.1) is 0 Å². The number of carbonyl (C=O) groups is 1. The number of carbonyl (C=O) groups excluding carboxylic acids is 1. The molecule has 1 amide bonds. The number of amides is 1. The van der Waals surface area contributed by atoms with Gasteiger partial charge in [0, 0.05) is 24.4 Å². The highest BCUT2D eigenvalue weighted by molar-refractivity contribution is 6.58. The molecule has 0 bridgehead atoms. The van der Waals surface area contributed by atoms with E-state index in [4.69, 9.17) is 20.4 Å². The number of rotatable bonds is 6. The van der Waals surface area contributed by atoms with E-state index in [9.17, 15) is 14.8 Å². The first-order valence-electron chi connectivity index (χ1n) is 11.1. The number of nitrogens with zero attached hydrogens (tertiary/aromatic N) is 2. The monoisotopic (exact) mass is 444 g/mol. The average Bonchev–Trinajstić information content (AvgIpc) is 3.40. The Bertz CT molecular complexity index is 1230. The van der Waals surface area contributed by atoms with Crippen molar-refractivity contribution >= 4 is 24.3 Å². The molecule has 2 heterocycles. The Hall–Kier alpha value is -3.43. The summed E-state index contributed by atoms with van der Waals surface area (Å²) in [5, 5.41) is 22.2. The van der Waals surface area contributed by atoms with Gasteiger partial charge in [0.1, 0.15) is 5.82 Å². The molecule has 0 saturated heterocycles. The molecule has 0 spiro atoms. The van der Waals surface area contributed by atoms with E-state index < -0.39 is 13.0 Å². The summed E-state index contributed by atoms with van der Waals surface area (Å²) in [7, 11) is -1.52. The summed E-state index contributed by atoms with van der Waals surface area (Å²) < 4.78 is 5.82. The van der Waals surface area contributed by atoms with Crippen molar-refractivity contribution in [3.05, 3.63) is 76.2 Å². The quantitative estimate of drug-likeness (QED) is 0.419. The van der Waals surface area contributed by atoms with Crippen LogP contribution in [0.3, 0.4) is 0 Å². The van der Waals surface area contributed by atoms with E-state index in [0.717, 1.165) is 28.8 Å². The van der Waals surface area contributed by atoms with Crippen LogP contribution in [0.1, 0.15) is 51.4 Å². The molecule has 1 aromatic heterocycles. The van der Waals surface area contributed by atoms with Gasteiger partial charge in [-0.1, -0.05) is 43.3 Å². The summed E-state index contributed by atoms with van der Waals surface area (Å²) in [5.74, 6) is 1.74. The van der Waals surface area contributed by atoms with Gasteiger partial charge in [-0.2, -0.15) is 0 Å². The van der Waals surface area contributed by atoms with E-state index in [2.05, 4.69) is 12.2 Å². The zero-order valence-electron chi connectivity index (χ0n) is 18.3. The van der Waals surface area contributed by atoms with Crippen molar-refractivity contribution in [2.24, 2.45) is 11.7 Å². The van der Waals surface area contributed by atoms with Crippen LogP contribution in [0.5, 0.6) is 5.75 Å². The Kier molecular flexibility index (Phi) is 5.51. The molecule has 5 rings (SSSR count). The zero-order chi connectivity index (χ0) is 23.1. The van der Waals surface area contributed by atoms with Crippen molar-refractivity contribution in [2.75, 3.05) is 11.9 Å². The van der Waals surface area contributed by atoms with Crippen LogP contribution in [-0.2, 0) is 19.4 Å². The number of nitrogens with two attached hydrogens (primary N) is 1. The lowest BCUT2D eigenvalue weighted by molar-refractivity contribution is 0.0999. The molecule has 2 aromatic carbocycles. The van der Waals surface area contributed by atoms with Crippen LogP contribution in [0.15, 0.2) is 42.5 Å². The molecule has 168 valence electrons. The van der Waals surface area contributed by atoms with Gasteiger partial charge in [0.05, 0.1) is 12.3 Å². The Labute approximate surface area is 192 Å². The molecule has 2 unspecified atom stereocenters. The fraction of sp³-hybridized carbons (Fsp3) is 0.292. The second-order valence-electron chi connectivity index (χ2n) is 8.67. The molecule has 1 aliphatic heterocycles. The maximum Gasteiger partial charge on any atom is 0.488 e. The Morgan fingerprint density at radius 1 is 1.24 bits per heavy atom. The minimum Gasteiger partial charge on any atom is -0.487 e. The molecule has 8 nitrogen and oxygen atoms in total. The van der Waals surface area contributed by atoms with E-state index in [1.165, 1.54) is 0 Å².